The van der Waals surface area contributed by atoms with Gasteiger partial charge in [0.15, 0.2) is 0 Å². The molecule has 13 heavy (non-hydrogen) atoms. The number of aromatic nitrogens is 3. The topological polar surface area (TPSA) is 41.6 Å². The molecule has 0 aliphatic rings. The molecule has 0 fully saturated rings. The molecule has 0 atom stereocenters. The Hall–Kier alpha value is -1.38. The Morgan fingerprint density at radius 3 is 2.62 bits per heavy atom. The van der Waals surface area contributed by atoms with Gasteiger partial charge in [-0.25, -0.2) is 4.98 Å². The largest absolute Gasteiger partial charge is 0.276 e. The monoisotopic (exact) mass is 177 g/mol. The van der Waals surface area contributed by atoms with E-state index in [2.05, 4.69) is 22.1 Å². The summed E-state index contributed by atoms with van der Waals surface area (Å²) in [7, 11) is 0. The Labute approximate surface area is 78.2 Å². The van der Waals surface area contributed by atoms with Crippen molar-refractivity contribution < 1.29 is 0 Å². The summed E-state index contributed by atoms with van der Waals surface area (Å²) < 4.78 is 0. The first-order valence-electron chi connectivity index (χ1n) is 4.55. The summed E-state index contributed by atoms with van der Waals surface area (Å²) in [6.45, 7) is 8.04. The fourth-order valence-corrected chi connectivity index (χ4v) is 1.26. The van der Waals surface area contributed by atoms with Crippen LogP contribution in [0, 0.1) is 13.8 Å². The molecular formula is C10H15N3. The molecule has 0 saturated heterocycles. The summed E-state index contributed by atoms with van der Waals surface area (Å²) in [5, 5.41) is 6.82. The van der Waals surface area contributed by atoms with E-state index < -0.39 is 0 Å². The van der Waals surface area contributed by atoms with Crippen molar-refractivity contribution in [3.05, 3.63) is 23.5 Å². The van der Waals surface area contributed by atoms with E-state index in [-0.39, 0.29) is 0 Å². The quantitative estimate of drug-likeness (QED) is 0.672. The lowest BCUT2D eigenvalue weighted by molar-refractivity contribution is 1.11. The molecule has 0 amide bonds. The molecule has 0 bridgehead atoms. The van der Waals surface area contributed by atoms with Gasteiger partial charge in [-0.05, 0) is 25.5 Å². The normalized spacial score (nSPS) is 9.54. The molecule has 0 spiro atoms. The first kappa shape index (κ1) is 9.71. The second kappa shape index (κ2) is 4.03. The number of fused-ring (bicyclic) bond motifs is 1. The highest BCUT2D eigenvalue weighted by atomic mass is 15.1. The van der Waals surface area contributed by atoms with Gasteiger partial charge in [0, 0.05) is 5.69 Å². The predicted molar refractivity (Wildman–Crippen MR) is 54.7 cm³/mol. The number of nitrogens with one attached hydrogen (secondary N) is 1. The Balaban J connectivity index is 0.000000396. The Morgan fingerprint density at radius 1 is 1.23 bits per heavy atom. The third-order valence-electron chi connectivity index (χ3n) is 1.74. The minimum absolute atomic E-state index is 0.947. The fourth-order valence-electron chi connectivity index (χ4n) is 1.26. The lowest BCUT2D eigenvalue weighted by Crippen LogP contribution is -1.84. The van der Waals surface area contributed by atoms with Crippen LogP contribution in [-0.2, 0) is 0 Å². The predicted octanol–water partition coefficient (Wildman–Crippen LogP) is 2.60. The van der Waals surface area contributed by atoms with Crippen molar-refractivity contribution in [3.8, 4) is 0 Å². The molecule has 2 heterocycles. The zero-order valence-electron chi connectivity index (χ0n) is 8.55. The Bertz CT molecular complexity index is 390. The summed E-state index contributed by atoms with van der Waals surface area (Å²) >= 11 is 0. The van der Waals surface area contributed by atoms with Gasteiger partial charge in [0.2, 0.25) is 0 Å². The van der Waals surface area contributed by atoms with E-state index in [4.69, 9.17) is 0 Å². The van der Waals surface area contributed by atoms with Gasteiger partial charge >= 0.3 is 0 Å². The van der Waals surface area contributed by atoms with Crippen LogP contribution in [-0.4, -0.2) is 15.2 Å². The van der Waals surface area contributed by atoms with Gasteiger partial charge in [-0.3, -0.25) is 5.10 Å². The third-order valence-corrected chi connectivity index (χ3v) is 1.74. The minimum Gasteiger partial charge on any atom is -0.276 e. The number of H-pyrrole nitrogens is 1. The molecule has 2 rings (SSSR count). The molecule has 3 heteroatoms. The minimum atomic E-state index is 0.947. The third kappa shape index (κ3) is 1.86. The van der Waals surface area contributed by atoms with Crippen LogP contribution in [0.5, 0.6) is 0 Å². The van der Waals surface area contributed by atoms with Crippen molar-refractivity contribution in [2.24, 2.45) is 0 Å². The zero-order chi connectivity index (χ0) is 9.84. The zero-order valence-corrected chi connectivity index (χ0v) is 8.55. The van der Waals surface area contributed by atoms with Crippen molar-refractivity contribution in [2.45, 2.75) is 27.7 Å². The van der Waals surface area contributed by atoms with Crippen molar-refractivity contribution in [1.29, 1.82) is 0 Å². The molecule has 70 valence electrons. The molecule has 2 aromatic rings. The number of hydrogen-bond acceptors (Lipinski definition) is 2. The molecule has 0 radical (unpaired) electrons. The highest BCUT2D eigenvalue weighted by Crippen LogP contribution is 2.13. The molecule has 2 aromatic heterocycles. The van der Waals surface area contributed by atoms with Gasteiger partial charge in [0.05, 0.1) is 11.7 Å². The van der Waals surface area contributed by atoms with Crippen LogP contribution >= 0.6 is 0 Å². The second-order valence-corrected chi connectivity index (χ2v) is 2.71. The summed E-state index contributed by atoms with van der Waals surface area (Å²) in [4.78, 5) is 4.30. The van der Waals surface area contributed by atoms with Crippen LogP contribution in [0.15, 0.2) is 12.3 Å². The van der Waals surface area contributed by atoms with Crippen LogP contribution in [0.4, 0.5) is 0 Å². The highest BCUT2D eigenvalue weighted by Gasteiger charge is 2.00. The summed E-state index contributed by atoms with van der Waals surface area (Å²) in [6, 6.07) is 2.04. The number of nitrogens with zero attached hydrogens (tertiary/aromatic N) is 2. The van der Waals surface area contributed by atoms with E-state index in [0.29, 0.717) is 0 Å². The van der Waals surface area contributed by atoms with Gasteiger partial charge in [-0.2, -0.15) is 5.10 Å². The summed E-state index contributed by atoms with van der Waals surface area (Å²) in [5.74, 6) is 0. The number of hydrogen-bond donors (Lipinski definition) is 1. The lowest BCUT2D eigenvalue weighted by Gasteiger charge is -1.95. The first-order chi connectivity index (χ1) is 6.27. The van der Waals surface area contributed by atoms with E-state index in [1.165, 1.54) is 5.56 Å². The van der Waals surface area contributed by atoms with Crippen LogP contribution < -0.4 is 0 Å². The maximum absolute atomic E-state index is 4.30. The molecule has 0 unspecified atom stereocenters. The molecule has 0 saturated carbocycles. The smallest absolute Gasteiger partial charge is 0.109 e. The Kier molecular flexibility index (Phi) is 3.01. The van der Waals surface area contributed by atoms with Gasteiger partial charge in [-0.15, -0.1) is 0 Å². The van der Waals surface area contributed by atoms with Gasteiger partial charge in [0.25, 0.3) is 0 Å². The Morgan fingerprint density at radius 2 is 1.92 bits per heavy atom. The summed E-state index contributed by atoms with van der Waals surface area (Å²) in [6.07, 6.45) is 1.75. The number of pyridine rings is 1. The number of aryl methyl sites for hydroxylation is 2. The van der Waals surface area contributed by atoms with Crippen molar-refractivity contribution in [2.75, 3.05) is 0 Å². The molecule has 3 nitrogen and oxygen atoms in total. The highest BCUT2D eigenvalue weighted by molar-refractivity contribution is 5.76. The van der Waals surface area contributed by atoms with Crippen LogP contribution in [0.3, 0.4) is 0 Å². The molecule has 1 N–H and O–H groups in total. The summed E-state index contributed by atoms with van der Waals surface area (Å²) in [5.41, 5.74) is 4.22. The number of rotatable bonds is 0. The van der Waals surface area contributed by atoms with E-state index in [9.17, 15) is 0 Å². The molecule has 0 aromatic carbocycles. The van der Waals surface area contributed by atoms with Crippen molar-refractivity contribution in [3.63, 3.8) is 0 Å². The fraction of sp³-hybridized carbons (Fsp3) is 0.400. The van der Waals surface area contributed by atoms with Gasteiger partial charge in [-0.1, -0.05) is 13.8 Å². The maximum Gasteiger partial charge on any atom is 0.109 e. The van der Waals surface area contributed by atoms with Crippen molar-refractivity contribution in [1.82, 2.24) is 15.2 Å². The van der Waals surface area contributed by atoms with Gasteiger partial charge < -0.3 is 0 Å². The van der Waals surface area contributed by atoms with Crippen molar-refractivity contribution >= 4 is 11.0 Å². The maximum atomic E-state index is 4.30. The van der Waals surface area contributed by atoms with E-state index in [0.717, 1.165) is 16.7 Å². The molecule has 0 aliphatic carbocycles. The SMILES string of the molecule is CC.Cc1cc(C)c2[nH]ncc2n1. The van der Waals surface area contributed by atoms with Crippen LogP contribution in [0.25, 0.3) is 11.0 Å². The standard InChI is InChI=1S/C8H9N3.C2H6/c1-5-3-6(2)10-7-4-9-11-8(5)7;1-2/h3-4H,1-2H3,(H,9,11);1-2H3. The lowest BCUT2D eigenvalue weighted by atomic mass is 10.2. The van der Waals surface area contributed by atoms with Crippen LogP contribution in [0.1, 0.15) is 25.1 Å². The van der Waals surface area contributed by atoms with E-state index in [1.54, 1.807) is 6.20 Å². The second-order valence-electron chi connectivity index (χ2n) is 2.71. The average molecular weight is 177 g/mol. The average Bonchev–Trinajstić information content (AvgIpc) is 2.55. The van der Waals surface area contributed by atoms with E-state index in [1.807, 2.05) is 26.8 Å². The van der Waals surface area contributed by atoms with Crippen LogP contribution in [0.2, 0.25) is 0 Å². The van der Waals surface area contributed by atoms with Gasteiger partial charge in [0.1, 0.15) is 5.52 Å². The molecule has 0 aliphatic heterocycles. The first-order valence-corrected chi connectivity index (χ1v) is 4.55. The number of aromatic amines is 1. The van der Waals surface area contributed by atoms with E-state index >= 15 is 0 Å². The molecular weight excluding hydrogens is 162 g/mol.